The topological polar surface area (TPSA) is 69.4 Å². The van der Waals surface area contributed by atoms with Crippen LogP contribution < -0.4 is 0 Å². The van der Waals surface area contributed by atoms with Gasteiger partial charge < -0.3 is 4.74 Å². The van der Waals surface area contributed by atoms with E-state index in [9.17, 15) is 14.9 Å². The Morgan fingerprint density at radius 3 is 2.53 bits per heavy atom. The van der Waals surface area contributed by atoms with Crippen LogP contribution in [0.5, 0.6) is 0 Å². The highest BCUT2D eigenvalue weighted by molar-refractivity contribution is 9.10. The number of benzene rings is 1. The number of hydrogen-bond acceptors (Lipinski definition) is 4. The Morgan fingerprint density at radius 1 is 1.47 bits per heavy atom. The summed E-state index contributed by atoms with van der Waals surface area (Å²) in [6.07, 6.45) is 0.0130. The molecule has 0 aliphatic carbocycles. The molecule has 0 heterocycles. The van der Waals surface area contributed by atoms with E-state index in [2.05, 4.69) is 20.7 Å². The Kier molecular flexibility index (Phi) is 5.09. The lowest BCUT2D eigenvalue weighted by atomic mass is 9.96. The number of carbonyl (C=O) groups is 1. The molecule has 0 aliphatic heterocycles. The van der Waals surface area contributed by atoms with Gasteiger partial charge in [0.15, 0.2) is 0 Å². The van der Waals surface area contributed by atoms with Gasteiger partial charge in [-0.3, -0.25) is 14.9 Å². The second-order valence-corrected chi connectivity index (χ2v) is 4.46. The van der Waals surface area contributed by atoms with Crippen molar-refractivity contribution in [1.29, 1.82) is 0 Å². The summed E-state index contributed by atoms with van der Waals surface area (Å²) in [5.41, 5.74) is 0.760. The molecule has 0 radical (unpaired) electrons. The Balaban J connectivity index is 2.85. The van der Waals surface area contributed by atoms with Crippen LogP contribution in [0.2, 0.25) is 0 Å². The summed E-state index contributed by atoms with van der Waals surface area (Å²) in [5, 5.41) is 10.6. The fourth-order valence-corrected chi connectivity index (χ4v) is 1.75. The largest absolute Gasteiger partial charge is 0.469 e. The lowest BCUT2D eigenvalue weighted by molar-refractivity contribution is -0.483. The minimum Gasteiger partial charge on any atom is -0.469 e. The van der Waals surface area contributed by atoms with Crippen molar-refractivity contribution in [2.45, 2.75) is 12.3 Å². The molecule has 92 valence electrons. The van der Waals surface area contributed by atoms with Crippen LogP contribution >= 0.6 is 15.9 Å². The maximum atomic E-state index is 11.2. The fourth-order valence-electron chi connectivity index (χ4n) is 1.49. The van der Waals surface area contributed by atoms with Crippen molar-refractivity contribution in [2.75, 3.05) is 13.7 Å². The Labute approximate surface area is 107 Å². The molecule has 0 aliphatic rings. The van der Waals surface area contributed by atoms with Gasteiger partial charge in [0.2, 0.25) is 6.54 Å². The molecular formula is C11H12BrNO4. The summed E-state index contributed by atoms with van der Waals surface area (Å²) in [4.78, 5) is 21.3. The number of methoxy groups -OCH3 is 1. The maximum absolute atomic E-state index is 11.2. The quantitative estimate of drug-likeness (QED) is 0.475. The monoisotopic (exact) mass is 301 g/mol. The van der Waals surface area contributed by atoms with Crippen molar-refractivity contribution >= 4 is 21.9 Å². The van der Waals surface area contributed by atoms with Crippen LogP contribution in [0.25, 0.3) is 0 Å². The van der Waals surface area contributed by atoms with Crippen molar-refractivity contribution < 1.29 is 14.5 Å². The lowest BCUT2D eigenvalue weighted by Crippen LogP contribution is -2.17. The van der Waals surface area contributed by atoms with Gasteiger partial charge in [0.1, 0.15) is 0 Å². The average molecular weight is 302 g/mol. The van der Waals surface area contributed by atoms with E-state index in [0.29, 0.717) is 0 Å². The van der Waals surface area contributed by atoms with Crippen molar-refractivity contribution in [2.24, 2.45) is 0 Å². The van der Waals surface area contributed by atoms with Gasteiger partial charge in [-0.25, -0.2) is 0 Å². The summed E-state index contributed by atoms with van der Waals surface area (Å²) in [5.74, 6) is -0.898. The molecule has 1 rings (SSSR count). The highest BCUT2D eigenvalue weighted by Crippen LogP contribution is 2.22. The van der Waals surface area contributed by atoms with Crippen LogP contribution in [0.1, 0.15) is 17.9 Å². The third-order valence-corrected chi connectivity index (χ3v) is 2.88. The predicted octanol–water partition coefficient (Wildman–Crippen LogP) is 2.37. The molecule has 0 N–H and O–H groups in total. The Hall–Kier alpha value is -1.43. The number of halogens is 1. The zero-order valence-corrected chi connectivity index (χ0v) is 10.8. The van der Waals surface area contributed by atoms with Crippen molar-refractivity contribution in [3.63, 3.8) is 0 Å². The first-order valence-corrected chi connectivity index (χ1v) is 5.76. The summed E-state index contributed by atoms with van der Waals surface area (Å²) in [6, 6.07) is 7.11. The molecule has 0 aromatic heterocycles. The molecule has 0 saturated carbocycles. The molecule has 17 heavy (non-hydrogen) atoms. The zero-order valence-electron chi connectivity index (χ0n) is 9.26. The standard InChI is InChI=1S/C11H12BrNO4/c1-17-11(14)6-9(7-13(15)16)8-2-4-10(12)5-3-8/h2-5,9H,6-7H2,1H3. The van der Waals surface area contributed by atoms with Gasteiger partial charge in [0.25, 0.3) is 0 Å². The fraction of sp³-hybridized carbons (Fsp3) is 0.364. The zero-order chi connectivity index (χ0) is 12.8. The molecule has 0 saturated heterocycles. The molecule has 1 aromatic rings. The van der Waals surface area contributed by atoms with Crippen LogP contribution in [-0.4, -0.2) is 24.5 Å². The highest BCUT2D eigenvalue weighted by Gasteiger charge is 2.21. The van der Waals surface area contributed by atoms with Gasteiger partial charge in [-0.15, -0.1) is 0 Å². The van der Waals surface area contributed by atoms with Gasteiger partial charge >= 0.3 is 5.97 Å². The number of carbonyl (C=O) groups excluding carboxylic acids is 1. The Morgan fingerprint density at radius 2 is 2.06 bits per heavy atom. The van der Waals surface area contributed by atoms with Gasteiger partial charge in [-0.2, -0.15) is 0 Å². The maximum Gasteiger partial charge on any atom is 0.306 e. The normalized spacial score (nSPS) is 11.9. The van der Waals surface area contributed by atoms with Crippen LogP contribution in [0.4, 0.5) is 0 Å². The minimum atomic E-state index is -0.453. The molecule has 6 heteroatoms. The van der Waals surface area contributed by atoms with E-state index in [1.54, 1.807) is 24.3 Å². The van der Waals surface area contributed by atoms with Gasteiger partial charge in [-0.05, 0) is 17.7 Å². The van der Waals surface area contributed by atoms with Crippen LogP contribution in [-0.2, 0) is 9.53 Å². The minimum absolute atomic E-state index is 0.0130. The van der Waals surface area contributed by atoms with E-state index in [1.165, 1.54) is 7.11 Å². The lowest BCUT2D eigenvalue weighted by Gasteiger charge is -2.11. The smallest absolute Gasteiger partial charge is 0.306 e. The molecule has 5 nitrogen and oxygen atoms in total. The molecule has 0 spiro atoms. The van der Waals surface area contributed by atoms with E-state index in [0.717, 1.165) is 10.0 Å². The van der Waals surface area contributed by atoms with E-state index in [4.69, 9.17) is 0 Å². The van der Waals surface area contributed by atoms with E-state index in [-0.39, 0.29) is 13.0 Å². The van der Waals surface area contributed by atoms with E-state index < -0.39 is 16.8 Å². The van der Waals surface area contributed by atoms with Crippen molar-refractivity contribution in [3.05, 3.63) is 44.4 Å². The molecule has 0 amide bonds. The van der Waals surface area contributed by atoms with Gasteiger partial charge in [0, 0.05) is 9.40 Å². The summed E-state index contributed by atoms with van der Waals surface area (Å²) >= 11 is 3.28. The SMILES string of the molecule is COC(=O)CC(C[N+](=O)[O-])c1ccc(Br)cc1. The first-order valence-electron chi connectivity index (χ1n) is 4.97. The van der Waals surface area contributed by atoms with Crippen LogP contribution in [0.3, 0.4) is 0 Å². The van der Waals surface area contributed by atoms with Crippen LogP contribution in [0, 0.1) is 10.1 Å². The van der Waals surface area contributed by atoms with Crippen molar-refractivity contribution in [1.82, 2.24) is 0 Å². The molecular weight excluding hydrogens is 290 g/mol. The summed E-state index contributed by atoms with van der Waals surface area (Å²) in [7, 11) is 1.27. The van der Waals surface area contributed by atoms with Crippen molar-refractivity contribution in [3.8, 4) is 0 Å². The molecule has 1 unspecified atom stereocenters. The number of esters is 1. The number of nitrogens with zero attached hydrogens (tertiary/aromatic N) is 1. The van der Waals surface area contributed by atoms with Gasteiger partial charge in [0.05, 0.1) is 19.4 Å². The summed E-state index contributed by atoms with van der Waals surface area (Å²) < 4.78 is 5.42. The number of nitro groups is 1. The van der Waals surface area contributed by atoms with E-state index >= 15 is 0 Å². The molecule has 1 aromatic carbocycles. The highest BCUT2D eigenvalue weighted by atomic mass is 79.9. The first kappa shape index (κ1) is 13.6. The van der Waals surface area contributed by atoms with Gasteiger partial charge in [-0.1, -0.05) is 28.1 Å². The number of hydrogen-bond donors (Lipinski definition) is 0. The third kappa shape index (κ3) is 4.52. The number of rotatable bonds is 5. The summed E-state index contributed by atoms with van der Waals surface area (Å²) in [6.45, 7) is -0.281. The molecule has 0 fully saturated rings. The Bertz CT molecular complexity index is 404. The van der Waals surface area contributed by atoms with E-state index in [1.807, 2.05) is 0 Å². The first-order chi connectivity index (χ1) is 8.02. The molecule has 1 atom stereocenters. The second kappa shape index (κ2) is 6.34. The predicted molar refractivity (Wildman–Crippen MR) is 65.4 cm³/mol. The second-order valence-electron chi connectivity index (χ2n) is 3.54. The third-order valence-electron chi connectivity index (χ3n) is 2.35. The van der Waals surface area contributed by atoms with Crippen LogP contribution in [0.15, 0.2) is 28.7 Å². The number of ether oxygens (including phenoxy) is 1. The molecule has 0 bridgehead atoms. The average Bonchev–Trinajstić information content (AvgIpc) is 2.28.